The van der Waals surface area contributed by atoms with E-state index in [2.05, 4.69) is 24.8 Å². The Balaban J connectivity index is 1.91. The van der Waals surface area contributed by atoms with Crippen LogP contribution >= 0.6 is 0 Å². The third-order valence-corrected chi connectivity index (χ3v) is 3.82. The van der Waals surface area contributed by atoms with Crippen molar-refractivity contribution in [2.45, 2.75) is 26.5 Å². The maximum atomic E-state index is 10.4. The zero-order chi connectivity index (χ0) is 18.1. The number of methoxy groups -OCH3 is 1. The molecule has 1 unspecified atom stereocenters. The van der Waals surface area contributed by atoms with Crippen LogP contribution in [0.1, 0.15) is 19.4 Å². The summed E-state index contributed by atoms with van der Waals surface area (Å²) in [6, 6.07) is 17.7. The minimum absolute atomic E-state index is 0.288. The molecule has 1 N–H and O–H groups in total. The van der Waals surface area contributed by atoms with Crippen molar-refractivity contribution in [3.63, 3.8) is 0 Å². The van der Waals surface area contributed by atoms with E-state index >= 15 is 0 Å². The SMILES string of the molecule is COc1cccc(CN(CC(C)C)CC(O)COc2ccccc2)c1. The number of aliphatic hydroxyl groups is 1. The summed E-state index contributed by atoms with van der Waals surface area (Å²) >= 11 is 0. The van der Waals surface area contributed by atoms with Crippen LogP contribution in [0.25, 0.3) is 0 Å². The molecule has 2 rings (SSSR count). The third-order valence-electron chi connectivity index (χ3n) is 3.82. The van der Waals surface area contributed by atoms with Gasteiger partial charge in [-0.25, -0.2) is 0 Å². The van der Waals surface area contributed by atoms with E-state index < -0.39 is 6.10 Å². The smallest absolute Gasteiger partial charge is 0.119 e. The number of hydrogen-bond donors (Lipinski definition) is 1. The van der Waals surface area contributed by atoms with E-state index in [1.165, 1.54) is 5.56 Å². The highest BCUT2D eigenvalue weighted by Crippen LogP contribution is 2.16. The highest BCUT2D eigenvalue weighted by Gasteiger charge is 2.15. The number of rotatable bonds is 10. The first-order chi connectivity index (χ1) is 12.1. The Kier molecular flexibility index (Phi) is 7.76. The standard InChI is InChI=1S/C21H29NO3/c1-17(2)13-22(14-18-8-7-11-21(12-18)24-3)15-19(23)16-25-20-9-5-4-6-10-20/h4-12,17,19,23H,13-16H2,1-3H3. The predicted octanol–water partition coefficient (Wildman–Crippen LogP) is 3.59. The van der Waals surface area contributed by atoms with Crippen LogP contribution < -0.4 is 9.47 Å². The summed E-state index contributed by atoms with van der Waals surface area (Å²) < 4.78 is 11.0. The van der Waals surface area contributed by atoms with Gasteiger partial charge in [0.25, 0.3) is 0 Å². The molecule has 0 radical (unpaired) electrons. The van der Waals surface area contributed by atoms with Crippen LogP contribution in [0.2, 0.25) is 0 Å². The van der Waals surface area contributed by atoms with E-state index in [1.807, 2.05) is 48.5 Å². The summed E-state index contributed by atoms with van der Waals surface area (Å²) in [6.07, 6.45) is -0.537. The highest BCUT2D eigenvalue weighted by atomic mass is 16.5. The van der Waals surface area contributed by atoms with Crippen molar-refractivity contribution in [2.75, 3.05) is 26.8 Å². The number of ether oxygens (including phenoxy) is 2. The van der Waals surface area contributed by atoms with E-state index in [4.69, 9.17) is 9.47 Å². The van der Waals surface area contributed by atoms with Crippen LogP contribution in [0.15, 0.2) is 54.6 Å². The number of hydrogen-bond acceptors (Lipinski definition) is 4. The van der Waals surface area contributed by atoms with Crippen LogP contribution in [-0.4, -0.2) is 42.9 Å². The molecular formula is C21H29NO3. The Labute approximate surface area is 151 Å². The normalized spacial score (nSPS) is 12.4. The van der Waals surface area contributed by atoms with Gasteiger partial charge in [0.1, 0.15) is 24.2 Å². The Morgan fingerprint density at radius 1 is 0.960 bits per heavy atom. The molecule has 0 bridgehead atoms. The molecule has 25 heavy (non-hydrogen) atoms. The van der Waals surface area contributed by atoms with Gasteiger partial charge in [0.2, 0.25) is 0 Å². The molecule has 4 nitrogen and oxygen atoms in total. The van der Waals surface area contributed by atoms with Gasteiger partial charge < -0.3 is 14.6 Å². The molecule has 0 heterocycles. The van der Waals surface area contributed by atoms with Crippen LogP contribution in [0, 0.1) is 5.92 Å². The van der Waals surface area contributed by atoms with Crippen LogP contribution in [0.4, 0.5) is 0 Å². The van der Waals surface area contributed by atoms with E-state index in [0.29, 0.717) is 12.5 Å². The van der Waals surface area contributed by atoms with Crippen molar-refractivity contribution in [1.82, 2.24) is 4.90 Å². The molecule has 0 fully saturated rings. The summed E-state index contributed by atoms with van der Waals surface area (Å²) in [5.74, 6) is 2.16. The topological polar surface area (TPSA) is 41.9 Å². The predicted molar refractivity (Wildman–Crippen MR) is 101 cm³/mol. The first-order valence-electron chi connectivity index (χ1n) is 8.78. The molecule has 1 atom stereocenters. The van der Waals surface area contributed by atoms with Gasteiger partial charge in [0.05, 0.1) is 7.11 Å². The Morgan fingerprint density at radius 2 is 1.68 bits per heavy atom. The van der Waals surface area contributed by atoms with Crippen molar-refractivity contribution < 1.29 is 14.6 Å². The second-order valence-corrected chi connectivity index (χ2v) is 6.72. The van der Waals surface area contributed by atoms with E-state index in [0.717, 1.165) is 24.6 Å². The first-order valence-corrected chi connectivity index (χ1v) is 8.78. The average Bonchev–Trinajstić information content (AvgIpc) is 2.60. The number of benzene rings is 2. The molecule has 0 aliphatic heterocycles. The van der Waals surface area contributed by atoms with Crippen molar-refractivity contribution in [3.05, 3.63) is 60.2 Å². The Morgan fingerprint density at radius 3 is 2.36 bits per heavy atom. The zero-order valence-corrected chi connectivity index (χ0v) is 15.4. The zero-order valence-electron chi connectivity index (χ0n) is 15.4. The first kappa shape index (κ1) is 19.3. The van der Waals surface area contributed by atoms with E-state index in [-0.39, 0.29) is 6.61 Å². The molecule has 0 spiro atoms. The lowest BCUT2D eigenvalue weighted by molar-refractivity contribution is 0.0615. The summed E-state index contributed by atoms with van der Waals surface area (Å²) in [4.78, 5) is 2.26. The maximum Gasteiger partial charge on any atom is 0.119 e. The van der Waals surface area contributed by atoms with E-state index in [1.54, 1.807) is 7.11 Å². The molecule has 2 aromatic carbocycles. The van der Waals surface area contributed by atoms with E-state index in [9.17, 15) is 5.11 Å². The fourth-order valence-electron chi connectivity index (χ4n) is 2.81. The molecule has 0 saturated carbocycles. The fraction of sp³-hybridized carbons (Fsp3) is 0.429. The molecule has 0 saturated heterocycles. The molecular weight excluding hydrogens is 314 g/mol. The summed E-state index contributed by atoms with van der Waals surface area (Å²) in [5, 5.41) is 10.4. The largest absolute Gasteiger partial charge is 0.497 e. The second-order valence-electron chi connectivity index (χ2n) is 6.72. The molecule has 2 aromatic rings. The van der Waals surface area contributed by atoms with Gasteiger partial charge >= 0.3 is 0 Å². The minimum atomic E-state index is -0.537. The molecule has 0 aliphatic carbocycles. The molecule has 0 aliphatic rings. The number of aliphatic hydroxyl groups excluding tert-OH is 1. The van der Waals surface area contributed by atoms with Gasteiger partial charge in [-0.05, 0) is 35.7 Å². The Hall–Kier alpha value is -2.04. The Bertz CT molecular complexity index is 616. The highest BCUT2D eigenvalue weighted by molar-refractivity contribution is 5.28. The van der Waals surface area contributed by atoms with Gasteiger partial charge in [0, 0.05) is 19.6 Å². The number of para-hydroxylation sites is 1. The second kappa shape index (κ2) is 10.1. The van der Waals surface area contributed by atoms with Crippen LogP contribution in [0.3, 0.4) is 0 Å². The summed E-state index contributed by atoms with van der Waals surface area (Å²) in [5.41, 5.74) is 1.18. The molecule has 0 aromatic heterocycles. The van der Waals surface area contributed by atoms with Crippen LogP contribution in [-0.2, 0) is 6.54 Å². The van der Waals surface area contributed by atoms with Crippen molar-refractivity contribution in [2.24, 2.45) is 5.92 Å². The summed E-state index contributed by atoms with van der Waals surface area (Å²) in [6.45, 7) is 6.92. The van der Waals surface area contributed by atoms with Crippen molar-refractivity contribution in [3.8, 4) is 11.5 Å². The lowest BCUT2D eigenvalue weighted by Gasteiger charge is -2.27. The number of nitrogens with zero attached hydrogens (tertiary/aromatic N) is 1. The van der Waals surface area contributed by atoms with Gasteiger partial charge in [-0.3, -0.25) is 4.90 Å². The van der Waals surface area contributed by atoms with Crippen molar-refractivity contribution >= 4 is 0 Å². The molecule has 0 amide bonds. The summed E-state index contributed by atoms with van der Waals surface area (Å²) in [7, 11) is 1.68. The third kappa shape index (κ3) is 7.16. The minimum Gasteiger partial charge on any atom is -0.497 e. The fourth-order valence-corrected chi connectivity index (χ4v) is 2.81. The monoisotopic (exact) mass is 343 g/mol. The quantitative estimate of drug-likeness (QED) is 0.716. The molecule has 136 valence electrons. The van der Waals surface area contributed by atoms with Gasteiger partial charge in [0.15, 0.2) is 0 Å². The lowest BCUT2D eigenvalue weighted by atomic mass is 10.1. The maximum absolute atomic E-state index is 10.4. The average molecular weight is 343 g/mol. The van der Waals surface area contributed by atoms with Gasteiger partial charge in [-0.2, -0.15) is 0 Å². The lowest BCUT2D eigenvalue weighted by Crippen LogP contribution is -2.37. The van der Waals surface area contributed by atoms with Crippen LogP contribution in [0.5, 0.6) is 11.5 Å². The van der Waals surface area contributed by atoms with Crippen molar-refractivity contribution in [1.29, 1.82) is 0 Å². The molecule has 4 heteroatoms. The van der Waals surface area contributed by atoms with Gasteiger partial charge in [-0.15, -0.1) is 0 Å². The van der Waals surface area contributed by atoms with Gasteiger partial charge in [-0.1, -0.05) is 44.2 Å².